The molecule has 20 heavy (non-hydrogen) atoms. The normalized spacial score (nSPS) is 12.2. The smallest absolute Gasteiger partial charge is 0.129 e. The minimum atomic E-state index is 0.0861. The first-order valence-electron chi connectivity index (χ1n) is 6.41. The van der Waals surface area contributed by atoms with Gasteiger partial charge >= 0.3 is 0 Å². The maximum atomic E-state index is 5.74. The number of halogens is 1. The molecule has 0 aliphatic heterocycles. The lowest BCUT2D eigenvalue weighted by molar-refractivity contribution is 0.334. The van der Waals surface area contributed by atoms with E-state index in [1.807, 2.05) is 31.5 Å². The molecule has 1 unspecified atom stereocenters. The lowest BCUT2D eigenvalue weighted by Crippen LogP contribution is -2.17. The number of ether oxygens (including phenoxy) is 2. The van der Waals surface area contributed by atoms with E-state index < -0.39 is 0 Å². The predicted octanol–water partition coefficient (Wildman–Crippen LogP) is 4.23. The van der Waals surface area contributed by atoms with Gasteiger partial charge in [0.15, 0.2) is 0 Å². The molecule has 2 aromatic rings. The second-order valence-corrected chi connectivity index (χ2v) is 6.08. The van der Waals surface area contributed by atoms with Crippen LogP contribution in [-0.4, -0.2) is 20.8 Å². The van der Waals surface area contributed by atoms with Crippen LogP contribution in [0.1, 0.15) is 23.4 Å². The zero-order valence-electron chi connectivity index (χ0n) is 11.8. The zero-order valence-corrected chi connectivity index (χ0v) is 14.2. The van der Waals surface area contributed by atoms with Crippen LogP contribution in [0, 0.1) is 0 Å². The molecule has 0 saturated heterocycles. The van der Waals surface area contributed by atoms with E-state index in [-0.39, 0.29) is 6.04 Å². The highest BCUT2D eigenvalue weighted by Gasteiger charge is 2.19. The lowest BCUT2D eigenvalue weighted by Gasteiger charge is -2.19. The van der Waals surface area contributed by atoms with Crippen molar-refractivity contribution in [2.75, 3.05) is 20.8 Å². The van der Waals surface area contributed by atoms with Crippen molar-refractivity contribution >= 4 is 27.3 Å². The maximum Gasteiger partial charge on any atom is 0.129 e. The number of benzene rings is 1. The topological polar surface area (TPSA) is 30.5 Å². The van der Waals surface area contributed by atoms with E-state index in [4.69, 9.17) is 9.47 Å². The summed E-state index contributed by atoms with van der Waals surface area (Å²) in [4.78, 5) is 1.20. The Kier molecular flexibility index (Phi) is 5.46. The van der Waals surface area contributed by atoms with Gasteiger partial charge in [0.25, 0.3) is 0 Å². The van der Waals surface area contributed by atoms with Crippen LogP contribution in [0.5, 0.6) is 11.5 Å². The summed E-state index contributed by atoms with van der Waals surface area (Å²) in [6, 6.07) is 8.23. The summed E-state index contributed by atoms with van der Waals surface area (Å²) in [7, 11) is 3.64. The van der Waals surface area contributed by atoms with Crippen LogP contribution >= 0.6 is 27.3 Å². The van der Waals surface area contributed by atoms with Gasteiger partial charge in [0.2, 0.25) is 0 Å². The minimum absolute atomic E-state index is 0.0861. The van der Waals surface area contributed by atoms with Gasteiger partial charge in [-0.05, 0) is 38.2 Å². The highest BCUT2D eigenvalue weighted by Crippen LogP contribution is 2.36. The molecule has 2 rings (SSSR count). The molecule has 1 aromatic heterocycles. The molecule has 0 aliphatic rings. The van der Waals surface area contributed by atoms with Crippen LogP contribution in [0.2, 0.25) is 0 Å². The molecule has 3 nitrogen and oxygen atoms in total. The summed E-state index contributed by atoms with van der Waals surface area (Å²) < 4.78 is 12.1. The SMILES string of the molecule is CCOc1ccc(Br)cc1C(NC)c1cc(OC)cs1. The molecule has 1 atom stereocenters. The van der Waals surface area contributed by atoms with Crippen molar-refractivity contribution in [3.63, 3.8) is 0 Å². The number of hydrogen-bond acceptors (Lipinski definition) is 4. The fourth-order valence-corrected chi connectivity index (χ4v) is 3.44. The van der Waals surface area contributed by atoms with Crippen LogP contribution in [0.4, 0.5) is 0 Å². The molecule has 1 heterocycles. The molecule has 0 radical (unpaired) electrons. The average molecular weight is 356 g/mol. The molecule has 5 heteroatoms. The number of rotatable bonds is 6. The maximum absolute atomic E-state index is 5.74. The molecule has 0 saturated carbocycles. The number of hydrogen-bond donors (Lipinski definition) is 1. The van der Waals surface area contributed by atoms with Crippen LogP contribution in [-0.2, 0) is 0 Å². The van der Waals surface area contributed by atoms with E-state index in [2.05, 4.69) is 33.4 Å². The summed E-state index contributed by atoms with van der Waals surface area (Å²) in [6.45, 7) is 2.65. The Hall–Kier alpha value is -1.04. The zero-order chi connectivity index (χ0) is 14.5. The Morgan fingerprint density at radius 2 is 2.15 bits per heavy atom. The molecule has 0 spiro atoms. The fraction of sp³-hybridized carbons (Fsp3) is 0.333. The first kappa shape index (κ1) is 15.4. The first-order valence-corrected chi connectivity index (χ1v) is 8.08. The van der Waals surface area contributed by atoms with E-state index >= 15 is 0 Å². The van der Waals surface area contributed by atoms with Gasteiger partial charge < -0.3 is 14.8 Å². The Bertz CT molecular complexity index is 571. The van der Waals surface area contributed by atoms with Crippen molar-refractivity contribution in [1.29, 1.82) is 0 Å². The van der Waals surface area contributed by atoms with E-state index in [0.717, 1.165) is 21.5 Å². The first-order chi connectivity index (χ1) is 9.69. The van der Waals surface area contributed by atoms with Crippen molar-refractivity contribution in [3.8, 4) is 11.5 Å². The van der Waals surface area contributed by atoms with E-state index in [9.17, 15) is 0 Å². The Morgan fingerprint density at radius 1 is 1.35 bits per heavy atom. The summed E-state index contributed by atoms with van der Waals surface area (Å²) in [5.41, 5.74) is 1.12. The molecular weight excluding hydrogens is 338 g/mol. The van der Waals surface area contributed by atoms with Crippen molar-refractivity contribution in [2.24, 2.45) is 0 Å². The standard InChI is InChI=1S/C15H18BrNO2S/c1-4-19-13-6-5-10(16)7-12(13)15(17-2)14-8-11(18-3)9-20-14/h5-9,15,17H,4H2,1-3H3. The van der Waals surface area contributed by atoms with Gasteiger partial charge in [-0.25, -0.2) is 0 Å². The van der Waals surface area contributed by atoms with E-state index in [1.54, 1.807) is 18.4 Å². The number of thiophene rings is 1. The van der Waals surface area contributed by atoms with Gasteiger partial charge in [0, 0.05) is 20.3 Å². The highest BCUT2D eigenvalue weighted by molar-refractivity contribution is 9.10. The number of nitrogens with one attached hydrogen (secondary N) is 1. The molecule has 0 fully saturated rings. The van der Waals surface area contributed by atoms with E-state index in [1.165, 1.54) is 4.88 Å². The number of methoxy groups -OCH3 is 1. The van der Waals surface area contributed by atoms with Gasteiger partial charge in [-0.15, -0.1) is 11.3 Å². The van der Waals surface area contributed by atoms with Gasteiger partial charge in [-0.3, -0.25) is 0 Å². The average Bonchev–Trinajstić information content (AvgIpc) is 2.91. The van der Waals surface area contributed by atoms with Gasteiger partial charge in [-0.1, -0.05) is 15.9 Å². The molecule has 0 amide bonds. The van der Waals surface area contributed by atoms with Crippen LogP contribution in [0.15, 0.2) is 34.1 Å². The van der Waals surface area contributed by atoms with Gasteiger partial charge in [0.1, 0.15) is 11.5 Å². The second-order valence-electron chi connectivity index (χ2n) is 4.23. The largest absolute Gasteiger partial charge is 0.496 e. The van der Waals surface area contributed by atoms with Crippen molar-refractivity contribution in [3.05, 3.63) is 44.6 Å². The molecule has 108 valence electrons. The minimum Gasteiger partial charge on any atom is -0.496 e. The van der Waals surface area contributed by atoms with Crippen LogP contribution in [0.3, 0.4) is 0 Å². The molecule has 0 aliphatic carbocycles. The molecule has 0 bridgehead atoms. The molecular formula is C15H18BrNO2S. The quantitative estimate of drug-likeness (QED) is 0.840. The lowest BCUT2D eigenvalue weighted by atomic mass is 10.0. The third-order valence-electron chi connectivity index (χ3n) is 2.99. The van der Waals surface area contributed by atoms with Crippen LogP contribution < -0.4 is 14.8 Å². The highest BCUT2D eigenvalue weighted by atomic mass is 79.9. The summed E-state index contributed by atoms with van der Waals surface area (Å²) in [5.74, 6) is 1.79. The van der Waals surface area contributed by atoms with Crippen molar-refractivity contribution in [1.82, 2.24) is 5.32 Å². The third kappa shape index (κ3) is 3.34. The Labute approximate surface area is 132 Å². The Balaban J connectivity index is 2.42. The van der Waals surface area contributed by atoms with E-state index in [0.29, 0.717) is 6.61 Å². The van der Waals surface area contributed by atoms with Gasteiger partial charge in [0.05, 0.1) is 19.8 Å². The van der Waals surface area contributed by atoms with Crippen molar-refractivity contribution in [2.45, 2.75) is 13.0 Å². The predicted molar refractivity (Wildman–Crippen MR) is 87.1 cm³/mol. The fourth-order valence-electron chi connectivity index (χ4n) is 2.08. The summed E-state index contributed by atoms with van der Waals surface area (Å²) in [5, 5.41) is 5.36. The molecule has 1 N–H and O–H groups in total. The summed E-state index contributed by atoms with van der Waals surface area (Å²) in [6.07, 6.45) is 0. The van der Waals surface area contributed by atoms with Crippen LogP contribution in [0.25, 0.3) is 0 Å². The van der Waals surface area contributed by atoms with Gasteiger partial charge in [-0.2, -0.15) is 0 Å². The molecule has 1 aromatic carbocycles. The monoisotopic (exact) mass is 355 g/mol. The summed E-state index contributed by atoms with van der Waals surface area (Å²) >= 11 is 5.21. The Morgan fingerprint density at radius 3 is 2.75 bits per heavy atom. The second kappa shape index (κ2) is 7.11. The third-order valence-corrected chi connectivity index (χ3v) is 4.46. The van der Waals surface area contributed by atoms with Crippen molar-refractivity contribution < 1.29 is 9.47 Å².